The standard InChI is InChI=1S/C13H28N4O/c1-11(2)7-6-9-15-13(14-3)16-10-8-12(18)17(4)5/h11H,6-10H2,1-5H3,(H2,14,15,16). The number of nitrogens with one attached hydrogen (secondary N) is 2. The van der Waals surface area contributed by atoms with Crippen LogP contribution >= 0.6 is 0 Å². The Morgan fingerprint density at radius 1 is 1.22 bits per heavy atom. The summed E-state index contributed by atoms with van der Waals surface area (Å²) in [7, 11) is 5.27. The number of hydrogen-bond donors (Lipinski definition) is 2. The zero-order valence-corrected chi connectivity index (χ0v) is 12.4. The number of carbonyl (C=O) groups is 1. The van der Waals surface area contributed by atoms with E-state index in [1.165, 1.54) is 6.42 Å². The van der Waals surface area contributed by atoms with Gasteiger partial charge in [0.1, 0.15) is 0 Å². The zero-order valence-electron chi connectivity index (χ0n) is 12.4. The van der Waals surface area contributed by atoms with E-state index in [4.69, 9.17) is 0 Å². The fourth-order valence-corrected chi connectivity index (χ4v) is 1.45. The van der Waals surface area contributed by atoms with Gasteiger partial charge in [0, 0.05) is 40.7 Å². The van der Waals surface area contributed by atoms with Crippen LogP contribution in [-0.2, 0) is 4.79 Å². The lowest BCUT2D eigenvalue weighted by Crippen LogP contribution is -2.39. The topological polar surface area (TPSA) is 56.7 Å². The summed E-state index contributed by atoms with van der Waals surface area (Å²) >= 11 is 0. The molecule has 0 saturated carbocycles. The van der Waals surface area contributed by atoms with Crippen molar-refractivity contribution in [3.63, 3.8) is 0 Å². The van der Waals surface area contributed by atoms with Gasteiger partial charge in [-0.15, -0.1) is 0 Å². The maximum Gasteiger partial charge on any atom is 0.223 e. The predicted octanol–water partition coefficient (Wildman–Crippen LogP) is 1.07. The average molecular weight is 256 g/mol. The summed E-state index contributed by atoms with van der Waals surface area (Å²) < 4.78 is 0. The third-order valence-corrected chi connectivity index (χ3v) is 2.60. The van der Waals surface area contributed by atoms with E-state index in [0.717, 1.165) is 24.8 Å². The minimum atomic E-state index is 0.123. The molecular weight excluding hydrogens is 228 g/mol. The molecule has 0 aliphatic carbocycles. The first-order valence-corrected chi connectivity index (χ1v) is 6.62. The lowest BCUT2D eigenvalue weighted by molar-refractivity contribution is -0.128. The smallest absolute Gasteiger partial charge is 0.223 e. The molecule has 0 radical (unpaired) electrons. The van der Waals surface area contributed by atoms with Crippen molar-refractivity contribution in [2.24, 2.45) is 10.9 Å². The first-order valence-electron chi connectivity index (χ1n) is 6.62. The molecule has 5 nitrogen and oxygen atoms in total. The molecule has 0 saturated heterocycles. The maximum atomic E-state index is 11.4. The van der Waals surface area contributed by atoms with Gasteiger partial charge in [-0.25, -0.2) is 0 Å². The van der Waals surface area contributed by atoms with Crippen molar-refractivity contribution in [3.05, 3.63) is 0 Å². The van der Waals surface area contributed by atoms with E-state index in [1.54, 1.807) is 26.0 Å². The highest BCUT2D eigenvalue weighted by molar-refractivity contribution is 5.81. The van der Waals surface area contributed by atoms with Crippen molar-refractivity contribution in [3.8, 4) is 0 Å². The van der Waals surface area contributed by atoms with Gasteiger partial charge in [-0.2, -0.15) is 0 Å². The molecule has 0 bridgehead atoms. The molecule has 0 aromatic heterocycles. The van der Waals surface area contributed by atoms with E-state index in [-0.39, 0.29) is 5.91 Å². The molecule has 0 spiro atoms. The van der Waals surface area contributed by atoms with Crippen molar-refractivity contribution in [1.82, 2.24) is 15.5 Å². The second-order valence-electron chi connectivity index (χ2n) is 5.00. The highest BCUT2D eigenvalue weighted by Crippen LogP contribution is 2.01. The Morgan fingerprint density at radius 2 is 1.83 bits per heavy atom. The van der Waals surface area contributed by atoms with Gasteiger partial charge in [-0.3, -0.25) is 9.79 Å². The number of amides is 1. The van der Waals surface area contributed by atoms with Crippen LogP contribution in [0.5, 0.6) is 0 Å². The molecule has 0 heterocycles. The van der Waals surface area contributed by atoms with Crippen LogP contribution in [-0.4, -0.2) is 51.0 Å². The number of guanidine groups is 1. The van der Waals surface area contributed by atoms with Gasteiger partial charge in [-0.1, -0.05) is 13.8 Å². The van der Waals surface area contributed by atoms with E-state index in [0.29, 0.717) is 13.0 Å². The number of rotatable bonds is 7. The third-order valence-electron chi connectivity index (χ3n) is 2.60. The molecule has 0 aromatic rings. The molecule has 1 amide bonds. The van der Waals surface area contributed by atoms with Gasteiger partial charge in [0.15, 0.2) is 5.96 Å². The Kier molecular flexibility index (Phi) is 9.06. The molecule has 0 rings (SSSR count). The van der Waals surface area contributed by atoms with E-state index in [1.807, 2.05) is 0 Å². The van der Waals surface area contributed by atoms with E-state index < -0.39 is 0 Å². The van der Waals surface area contributed by atoms with Crippen LogP contribution in [0.4, 0.5) is 0 Å². The van der Waals surface area contributed by atoms with Crippen molar-refractivity contribution in [2.75, 3.05) is 34.2 Å². The molecule has 5 heteroatoms. The van der Waals surface area contributed by atoms with Crippen LogP contribution < -0.4 is 10.6 Å². The lowest BCUT2D eigenvalue weighted by atomic mass is 10.1. The predicted molar refractivity (Wildman–Crippen MR) is 76.7 cm³/mol. The van der Waals surface area contributed by atoms with Crippen LogP contribution in [0.2, 0.25) is 0 Å². The quantitative estimate of drug-likeness (QED) is 0.407. The SMILES string of the molecule is CN=C(NCCCC(C)C)NCCC(=O)N(C)C. The second-order valence-corrected chi connectivity index (χ2v) is 5.00. The summed E-state index contributed by atoms with van der Waals surface area (Å²) in [6.07, 6.45) is 2.83. The Hall–Kier alpha value is -1.26. The third kappa shape index (κ3) is 8.84. The van der Waals surface area contributed by atoms with Gasteiger partial charge in [-0.05, 0) is 18.8 Å². The molecular formula is C13H28N4O. The Balaban J connectivity index is 3.69. The fourth-order valence-electron chi connectivity index (χ4n) is 1.45. The van der Waals surface area contributed by atoms with Gasteiger partial charge in [0.25, 0.3) is 0 Å². The second kappa shape index (κ2) is 9.74. The number of nitrogens with zero attached hydrogens (tertiary/aromatic N) is 2. The van der Waals surface area contributed by atoms with Gasteiger partial charge >= 0.3 is 0 Å². The largest absolute Gasteiger partial charge is 0.356 e. The molecule has 18 heavy (non-hydrogen) atoms. The summed E-state index contributed by atoms with van der Waals surface area (Å²) in [5.74, 6) is 1.63. The minimum absolute atomic E-state index is 0.123. The van der Waals surface area contributed by atoms with Crippen molar-refractivity contribution in [1.29, 1.82) is 0 Å². The van der Waals surface area contributed by atoms with Gasteiger partial charge < -0.3 is 15.5 Å². The van der Waals surface area contributed by atoms with Crippen molar-refractivity contribution < 1.29 is 4.79 Å². The van der Waals surface area contributed by atoms with Crippen LogP contribution in [0.25, 0.3) is 0 Å². The average Bonchev–Trinajstić information content (AvgIpc) is 2.31. The molecule has 0 unspecified atom stereocenters. The van der Waals surface area contributed by atoms with Gasteiger partial charge in [0.05, 0.1) is 0 Å². The minimum Gasteiger partial charge on any atom is -0.356 e. The monoisotopic (exact) mass is 256 g/mol. The van der Waals surface area contributed by atoms with E-state index >= 15 is 0 Å². The summed E-state index contributed by atoms with van der Waals surface area (Å²) in [6.45, 7) is 5.97. The van der Waals surface area contributed by atoms with Crippen LogP contribution in [0, 0.1) is 5.92 Å². The van der Waals surface area contributed by atoms with E-state index in [9.17, 15) is 4.79 Å². The fraction of sp³-hybridized carbons (Fsp3) is 0.846. The highest BCUT2D eigenvalue weighted by atomic mass is 16.2. The molecule has 2 N–H and O–H groups in total. The van der Waals surface area contributed by atoms with Gasteiger partial charge in [0.2, 0.25) is 5.91 Å². The highest BCUT2D eigenvalue weighted by Gasteiger charge is 2.04. The molecule has 0 aliphatic heterocycles. The normalized spacial score (nSPS) is 11.6. The Labute approximate surface area is 111 Å². The Bertz CT molecular complexity index is 262. The lowest BCUT2D eigenvalue weighted by Gasteiger charge is -2.14. The molecule has 0 aromatic carbocycles. The summed E-state index contributed by atoms with van der Waals surface area (Å²) in [4.78, 5) is 17.1. The Morgan fingerprint density at radius 3 is 2.33 bits per heavy atom. The maximum absolute atomic E-state index is 11.4. The number of carbonyl (C=O) groups excluding carboxylic acids is 1. The molecule has 106 valence electrons. The summed E-state index contributed by atoms with van der Waals surface area (Å²) in [6, 6.07) is 0. The van der Waals surface area contributed by atoms with Crippen molar-refractivity contribution in [2.45, 2.75) is 33.1 Å². The molecule has 0 atom stereocenters. The number of hydrogen-bond acceptors (Lipinski definition) is 2. The number of aliphatic imine (C=N–C) groups is 1. The van der Waals surface area contributed by atoms with Crippen molar-refractivity contribution >= 4 is 11.9 Å². The van der Waals surface area contributed by atoms with E-state index in [2.05, 4.69) is 29.5 Å². The molecule has 0 fully saturated rings. The molecule has 0 aliphatic rings. The first-order chi connectivity index (χ1) is 8.47. The summed E-state index contributed by atoms with van der Waals surface area (Å²) in [5, 5.41) is 6.38. The van der Waals surface area contributed by atoms with Crippen LogP contribution in [0.3, 0.4) is 0 Å². The van der Waals surface area contributed by atoms with Crippen LogP contribution in [0.1, 0.15) is 33.1 Å². The first kappa shape index (κ1) is 16.7. The summed E-state index contributed by atoms with van der Waals surface area (Å²) in [5.41, 5.74) is 0. The van der Waals surface area contributed by atoms with Crippen LogP contribution in [0.15, 0.2) is 4.99 Å². The zero-order chi connectivity index (χ0) is 14.0.